The molecule has 6 heteroatoms. The number of hydrogen-bond acceptors (Lipinski definition) is 5. The number of nitrogens with zero attached hydrogens (tertiary/aromatic N) is 4. The Morgan fingerprint density at radius 2 is 1.93 bits per heavy atom. The van der Waals surface area contributed by atoms with E-state index in [1.54, 1.807) is 0 Å². The molecule has 1 aromatic rings. The molecule has 1 aromatic heterocycles. The monoisotopic (exact) mass is 208 g/mol. The summed E-state index contributed by atoms with van der Waals surface area (Å²) in [6.07, 6.45) is 2.77. The third kappa shape index (κ3) is 1.77. The van der Waals surface area contributed by atoms with E-state index in [9.17, 15) is 0 Å². The van der Waals surface area contributed by atoms with E-state index in [1.807, 2.05) is 0 Å². The van der Waals surface area contributed by atoms with Crippen LogP contribution in [0.5, 0.6) is 0 Å². The smallest absolute Gasteiger partial charge is 0.246 e. The summed E-state index contributed by atoms with van der Waals surface area (Å²) in [6.45, 7) is 4.26. The number of hydrogen-bond donors (Lipinski definition) is 2. The number of nitrogens with two attached hydrogens (primary N) is 1. The molecule has 2 heterocycles. The molecule has 1 saturated carbocycles. The van der Waals surface area contributed by atoms with Gasteiger partial charge in [0.25, 0.3) is 0 Å². The molecule has 1 aliphatic heterocycles. The van der Waals surface area contributed by atoms with Gasteiger partial charge >= 0.3 is 0 Å². The number of anilines is 2. The molecule has 1 saturated heterocycles. The highest BCUT2D eigenvalue weighted by Crippen LogP contribution is 2.27. The van der Waals surface area contributed by atoms with Crippen LogP contribution in [0.4, 0.5) is 11.9 Å². The summed E-state index contributed by atoms with van der Waals surface area (Å²) in [7, 11) is 0. The summed E-state index contributed by atoms with van der Waals surface area (Å²) in [4.78, 5) is 8.89. The largest absolute Gasteiger partial charge is 0.368 e. The van der Waals surface area contributed by atoms with Crippen LogP contribution in [0.3, 0.4) is 0 Å². The normalized spacial score (nSPS) is 23.3. The van der Waals surface area contributed by atoms with Crippen molar-refractivity contribution in [3.63, 3.8) is 0 Å². The summed E-state index contributed by atoms with van der Waals surface area (Å²) in [5, 5.41) is 6.74. The summed E-state index contributed by atoms with van der Waals surface area (Å²) in [5.41, 5.74) is 5.50. The zero-order valence-electron chi connectivity index (χ0n) is 8.69. The molecule has 3 N–H and O–H groups in total. The molecule has 15 heavy (non-hydrogen) atoms. The van der Waals surface area contributed by atoms with Crippen LogP contribution < -0.4 is 10.6 Å². The molecule has 0 spiro atoms. The van der Waals surface area contributed by atoms with Crippen LogP contribution in [-0.4, -0.2) is 52.3 Å². The van der Waals surface area contributed by atoms with Crippen LogP contribution in [0.25, 0.3) is 0 Å². The quantitative estimate of drug-likeness (QED) is 0.696. The Balaban J connectivity index is 1.61. The van der Waals surface area contributed by atoms with E-state index < -0.39 is 0 Å². The maximum absolute atomic E-state index is 5.50. The first-order chi connectivity index (χ1) is 7.33. The van der Waals surface area contributed by atoms with Gasteiger partial charge in [-0.3, -0.25) is 4.90 Å². The highest BCUT2D eigenvalue weighted by molar-refractivity contribution is 5.34. The van der Waals surface area contributed by atoms with E-state index in [4.69, 9.17) is 5.73 Å². The van der Waals surface area contributed by atoms with Gasteiger partial charge in [0, 0.05) is 32.2 Å². The van der Waals surface area contributed by atoms with Crippen LogP contribution in [0.2, 0.25) is 0 Å². The second kappa shape index (κ2) is 3.37. The Morgan fingerprint density at radius 3 is 2.47 bits per heavy atom. The fourth-order valence-corrected chi connectivity index (χ4v) is 2.13. The standard InChI is InChI=1S/C9H16N6/c10-8-11-9(13-12-8)15-5-3-14(4-6-15)7-1-2-7/h7H,1-6H2,(H3,10,11,12,13). The molecule has 0 aromatic carbocycles. The Morgan fingerprint density at radius 1 is 1.20 bits per heavy atom. The van der Waals surface area contributed by atoms with Crippen molar-refractivity contribution in [1.29, 1.82) is 0 Å². The van der Waals surface area contributed by atoms with Crippen molar-refractivity contribution in [2.75, 3.05) is 36.8 Å². The first kappa shape index (κ1) is 8.96. The first-order valence-corrected chi connectivity index (χ1v) is 5.50. The highest BCUT2D eigenvalue weighted by atomic mass is 15.4. The summed E-state index contributed by atoms with van der Waals surface area (Å²) < 4.78 is 0. The van der Waals surface area contributed by atoms with Crippen molar-refractivity contribution in [3.8, 4) is 0 Å². The van der Waals surface area contributed by atoms with E-state index in [0.717, 1.165) is 38.2 Å². The van der Waals surface area contributed by atoms with Gasteiger partial charge in [-0.15, -0.1) is 5.10 Å². The summed E-state index contributed by atoms with van der Waals surface area (Å²) in [6, 6.07) is 0.865. The molecule has 3 rings (SSSR count). The lowest BCUT2D eigenvalue weighted by Crippen LogP contribution is -2.47. The zero-order valence-corrected chi connectivity index (χ0v) is 8.69. The molecule has 2 aliphatic rings. The van der Waals surface area contributed by atoms with Gasteiger partial charge in [0.05, 0.1) is 0 Å². The average Bonchev–Trinajstić information content (AvgIpc) is 3.02. The van der Waals surface area contributed by atoms with E-state index in [2.05, 4.69) is 25.0 Å². The zero-order chi connectivity index (χ0) is 10.3. The minimum atomic E-state index is 0.398. The minimum absolute atomic E-state index is 0.398. The fourth-order valence-electron chi connectivity index (χ4n) is 2.13. The van der Waals surface area contributed by atoms with Crippen molar-refractivity contribution in [3.05, 3.63) is 0 Å². The summed E-state index contributed by atoms with van der Waals surface area (Å²) in [5.74, 6) is 1.14. The van der Waals surface area contributed by atoms with Crippen molar-refractivity contribution in [2.45, 2.75) is 18.9 Å². The Bertz CT molecular complexity index is 336. The number of aromatic nitrogens is 3. The molecule has 1 aliphatic carbocycles. The number of nitrogens with one attached hydrogen (secondary N) is 1. The van der Waals surface area contributed by atoms with Gasteiger partial charge in [-0.05, 0) is 12.8 Å². The van der Waals surface area contributed by atoms with Crippen molar-refractivity contribution in [2.24, 2.45) is 0 Å². The second-order valence-electron chi connectivity index (χ2n) is 4.27. The van der Waals surface area contributed by atoms with E-state index in [-0.39, 0.29) is 0 Å². The molecule has 0 amide bonds. The molecular weight excluding hydrogens is 192 g/mol. The van der Waals surface area contributed by atoms with Gasteiger partial charge in [-0.1, -0.05) is 0 Å². The lowest BCUT2D eigenvalue weighted by atomic mass is 10.3. The number of aromatic amines is 1. The Kier molecular flexibility index (Phi) is 2.02. The van der Waals surface area contributed by atoms with Gasteiger partial charge in [0.2, 0.25) is 11.9 Å². The third-order valence-corrected chi connectivity index (χ3v) is 3.15. The van der Waals surface area contributed by atoms with E-state index in [0.29, 0.717) is 5.95 Å². The highest BCUT2D eigenvalue weighted by Gasteiger charge is 2.31. The van der Waals surface area contributed by atoms with Gasteiger partial charge in [-0.2, -0.15) is 4.98 Å². The predicted molar refractivity (Wildman–Crippen MR) is 57.6 cm³/mol. The van der Waals surface area contributed by atoms with E-state index >= 15 is 0 Å². The predicted octanol–water partition coefficient (Wildman–Crippen LogP) is -0.329. The average molecular weight is 208 g/mol. The Labute approximate surface area is 88.5 Å². The molecule has 0 unspecified atom stereocenters. The molecule has 0 bridgehead atoms. The van der Waals surface area contributed by atoms with Crippen molar-refractivity contribution >= 4 is 11.9 Å². The van der Waals surface area contributed by atoms with Crippen molar-refractivity contribution in [1.82, 2.24) is 20.1 Å². The Hall–Kier alpha value is -1.30. The number of piperazine rings is 1. The number of nitrogen functional groups attached to an aromatic ring is 1. The lowest BCUT2D eigenvalue weighted by molar-refractivity contribution is 0.247. The van der Waals surface area contributed by atoms with Crippen LogP contribution in [0, 0.1) is 0 Å². The van der Waals surface area contributed by atoms with E-state index in [1.165, 1.54) is 12.8 Å². The molecular formula is C9H16N6. The van der Waals surface area contributed by atoms with Crippen LogP contribution in [0.1, 0.15) is 12.8 Å². The van der Waals surface area contributed by atoms with Crippen LogP contribution in [0.15, 0.2) is 0 Å². The van der Waals surface area contributed by atoms with Gasteiger partial charge in [-0.25, -0.2) is 5.10 Å². The summed E-state index contributed by atoms with van der Waals surface area (Å²) >= 11 is 0. The minimum Gasteiger partial charge on any atom is -0.368 e. The molecule has 6 nitrogen and oxygen atoms in total. The van der Waals surface area contributed by atoms with Crippen LogP contribution >= 0.6 is 0 Å². The van der Waals surface area contributed by atoms with Gasteiger partial charge in [0.1, 0.15) is 0 Å². The van der Waals surface area contributed by atoms with Crippen molar-refractivity contribution < 1.29 is 0 Å². The molecule has 0 atom stereocenters. The SMILES string of the molecule is Nc1nc(N2CCN(C3CC3)CC2)n[nH]1. The number of H-pyrrole nitrogens is 1. The van der Waals surface area contributed by atoms with Gasteiger partial charge < -0.3 is 10.6 Å². The lowest BCUT2D eigenvalue weighted by Gasteiger charge is -2.34. The number of rotatable bonds is 2. The first-order valence-electron chi connectivity index (χ1n) is 5.50. The molecule has 0 radical (unpaired) electrons. The van der Waals surface area contributed by atoms with Gasteiger partial charge in [0.15, 0.2) is 0 Å². The maximum Gasteiger partial charge on any atom is 0.246 e. The topological polar surface area (TPSA) is 74.1 Å². The van der Waals surface area contributed by atoms with Crippen LogP contribution in [-0.2, 0) is 0 Å². The fraction of sp³-hybridized carbons (Fsp3) is 0.778. The second-order valence-corrected chi connectivity index (χ2v) is 4.27. The third-order valence-electron chi connectivity index (χ3n) is 3.15. The maximum atomic E-state index is 5.50. The molecule has 82 valence electrons. The molecule has 2 fully saturated rings.